The monoisotopic (exact) mass is 141 g/mol. The summed E-state index contributed by atoms with van der Waals surface area (Å²) in [6.45, 7) is 0. The van der Waals surface area contributed by atoms with Crippen molar-refractivity contribution in [3.05, 3.63) is 24.2 Å². The number of hydrogen-bond donors (Lipinski definition) is 1. The quantitative estimate of drug-likeness (QED) is 0.642. The highest BCUT2D eigenvalue weighted by Gasteiger charge is 2.19. The van der Waals surface area contributed by atoms with Gasteiger partial charge in [-0.05, 0) is 12.1 Å². The molecule has 1 radical (unpaired) electrons. The molecule has 4 heteroatoms. The van der Waals surface area contributed by atoms with E-state index in [0.29, 0.717) is 0 Å². The summed E-state index contributed by atoms with van der Waals surface area (Å²) in [6.07, 6.45) is -0.378. The lowest BCUT2D eigenvalue weighted by atomic mass is 10.3. The summed E-state index contributed by atoms with van der Waals surface area (Å²) in [7, 11) is 0. The lowest BCUT2D eigenvalue weighted by Crippen LogP contribution is -2.07. The minimum absolute atomic E-state index is 0.0139. The van der Waals surface area contributed by atoms with Gasteiger partial charge in [-0.1, -0.05) is 0 Å². The number of hydrogen-bond acceptors (Lipinski definition) is 3. The number of aliphatic hydroxyl groups excluding tert-OH is 1. The highest BCUT2D eigenvalue weighted by atomic mass is 16.4. The molecule has 10 heavy (non-hydrogen) atoms. The molecule has 0 aliphatic carbocycles. The standard InChI is InChI=1S/C6H5O4/c7-5(6(8)9)4-2-1-3-10-4/h1-3,5,7H. The number of carbonyl (C=O) groups excluding carboxylic acids is 1. The van der Waals surface area contributed by atoms with Gasteiger partial charge in [0.1, 0.15) is 5.76 Å². The molecule has 0 fully saturated rings. The van der Waals surface area contributed by atoms with Crippen LogP contribution in [0.3, 0.4) is 0 Å². The van der Waals surface area contributed by atoms with E-state index in [4.69, 9.17) is 5.11 Å². The van der Waals surface area contributed by atoms with Crippen molar-refractivity contribution in [2.45, 2.75) is 6.10 Å². The summed E-state index contributed by atoms with van der Waals surface area (Å²) in [5.74, 6) is -1.57. The fraction of sp³-hybridized carbons (Fsp3) is 0.167. The third-order valence-electron chi connectivity index (χ3n) is 1.04. The lowest BCUT2D eigenvalue weighted by molar-refractivity contribution is -0.154. The van der Waals surface area contributed by atoms with E-state index < -0.39 is 12.1 Å². The molecule has 1 rings (SSSR count). The predicted molar refractivity (Wildman–Crippen MR) is 29.4 cm³/mol. The molecule has 0 aromatic carbocycles. The van der Waals surface area contributed by atoms with Crippen LogP contribution in [0.1, 0.15) is 11.9 Å². The molecule has 53 valence electrons. The van der Waals surface area contributed by atoms with Crippen LogP contribution >= 0.6 is 0 Å². The molecular weight excluding hydrogens is 136 g/mol. The summed E-state index contributed by atoms with van der Waals surface area (Å²) >= 11 is 0. The second-order valence-corrected chi connectivity index (χ2v) is 1.74. The fourth-order valence-electron chi connectivity index (χ4n) is 0.563. The van der Waals surface area contributed by atoms with Crippen LogP contribution < -0.4 is 0 Å². The molecule has 4 nitrogen and oxygen atoms in total. The normalized spacial score (nSPS) is 12.9. The van der Waals surface area contributed by atoms with Crippen molar-refractivity contribution in [3.63, 3.8) is 0 Å². The van der Waals surface area contributed by atoms with Crippen LogP contribution in [0.5, 0.6) is 0 Å². The average Bonchev–Trinajstić information content (AvgIpc) is 2.36. The molecule has 1 aromatic rings. The van der Waals surface area contributed by atoms with Crippen LogP contribution in [-0.4, -0.2) is 11.1 Å². The van der Waals surface area contributed by atoms with Gasteiger partial charge >= 0.3 is 5.97 Å². The lowest BCUT2D eigenvalue weighted by Gasteiger charge is -1.95. The Labute approximate surface area is 56.7 Å². The summed E-state index contributed by atoms with van der Waals surface area (Å²) in [4.78, 5) is 9.98. The summed E-state index contributed by atoms with van der Waals surface area (Å²) < 4.78 is 4.59. The van der Waals surface area contributed by atoms with Crippen LogP contribution in [0, 0.1) is 0 Å². The number of rotatable bonds is 2. The molecule has 0 spiro atoms. The molecule has 1 aromatic heterocycles. The molecule has 1 heterocycles. The second kappa shape index (κ2) is 2.53. The first-order valence-corrected chi connectivity index (χ1v) is 2.64. The Hall–Kier alpha value is -1.29. The second-order valence-electron chi connectivity index (χ2n) is 1.74. The van der Waals surface area contributed by atoms with Crippen molar-refractivity contribution in [1.82, 2.24) is 0 Å². The van der Waals surface area contributed by atoms with Gasteiger partial charge in [-0.15, -0.1) is 0 Å². The number of aliphatic hydroxyl groups is 1. The Morgan fingerprint density at radius 2 is 2.40 bits per heavy atom. The van der Waals surface area contributed by atoms with Gasteiger partial charge in [0.2, 0.25) is 6.10 Å². The first-order chi connectivity index (χ1) is 4.72. The first kappa shape index (κ1) is 6.82. The number of furan rings is 1. The van der Waals surface area contributed by atoms with E-state index in [1.165, 1.54) is 18.4 Å². The maximum absolute atomic E-state index is 9.98. The molecule has 0 saturated carbocycles. The summed E-state index contributed by atoms with van der Waals surface area (Å²) in [5, 5.41) is 18.7. The minimum Gasteiger partial charge on any atom is -0.466 e. The Bertz CT molecular complexity index is 214. The average molecular weight is 141 g/mol. The Morgan fingerprint density at radius 3 is 2.80 bits per heavy atom. The molecule has 0 aliphatic rings. The van der Waals surface area contributed by atoms with E-state index in [-0.39, 0.29) is 5.76 Å². The molecule has 0 aliphatic heterocycles. The fourth-order valence-corrected chi connectivity index (χ4v) is 0.563. The minimum atomic E-state index is -1.66. The maximum Gasteiger partial charge on any atom is 0.391 e. The smallest absolute Gasteiger partial charge is 0.391 e. The molecule has 0 saturated heterocycles. The summed E-state index contributed by atoms with van der Waals surface area (Å²) in [6, 6.07) is 2.85. The Kier molecular flexibility index (Phi) is 1.73. The zero-order valence-corrected chi connectivity index (χ0v) is 4.98. The molecule has 1 atom stereocenters. The maximum atomic E-state index is 9.98. The van der Waals surface area contributed by atoms with E-state index in [9.17, 15) is 9.90 Å². The van der Waals surface area contributed by atoms with Gasteiger partial charge in [-0.3, -0.25) is 0 Å². The van der Waals surface area contributed by atoms with Crippen LogP contribution in [0.25, 0.3) is 0 Å². The van der Waals surface area contributed by atoms with E-state index in [2.05, 4.69) is 4.42 Å². The van der Waals surface area contributed by atoms with Gasteiger partial charge in [0.05, 0.1) is 6.26 Å². The van der Waals surface area contributed by atoms with Crippen LogP contribution in [0.15, 0.2) is 22.8 Å². The highest BCUT2D eigenvalue weighted by molar-refractivity contribution is 5.72. The van der Waals surface area contributed by atoms with Crippen molar-refractivity contribution >= 4 is 5.97 Å². The van der Waals surface area contributed by atoms with Gasteiger partial charge in [0.15, 0.2) is 0 Å². The molecule has 0 amide bonds. The molecule has 0 bridgehead atoms. The van der Waals surface area contributed by atoms with E-state index in [0.717, 1.165) is 0 Å². The van der Waals surface area contributed by atoms with E-state index in [1.807, 2.05) is 0 Å². The van der Waals surface area contributed by atoms with Gasteiger partial charge < -0.3 is 9.52 Å². The largest absolute Gasteiger partial charge is 0.466 e. The van der Waals surface area contributed by atoms with Crippen molar-refractivity contribution in [1.29, 1.82) is 0 Å². The van der Waals surface area contributed by atoms with Crippen molar-refractivity contribution in [3.8, 4) is 0 Å². The summed E-state index contributed by atoms with van der Waals surface area (Å²) in [5.41, 5.74) is 0. The van der Waals surface area contributed by atoms with Gasteiger partial charge in [0.25, 0.3) is 0 Å². The Morgan fingerprint density at radius 1 is 1.70 bits per heavy atom. The Balaban J connectivity index is 2.77. The van der Waals surface area contributed by atoms with E-state index in [1.54, 1.807) is 0 Å². The third kappa shape index (κ3) is 1.16. The van der Waals surface area contributed by atoms with Crippen LogP contribution in [-0.2, 0) is 9.90 Å². The van der Waals surface area contributed by atoms with Crippen LogP contribution in [0.4, 0.5) is 0 Å². The van der Waals surface area contributed by atoms with Crippen molar-refractivity contribution in [2.24, 2.45) is 0 Å². The zero-order chi connectivity index (χ0) is 7.56. The van der Waals surface area contributed by atoms with Gasteiger partial charge in [0, 0.05) is 0 Å². The zero-order valence-electron chi connectivity index (χ0n) is 4.98. The highest BCUT2D eigenvalue weighted by Crippen LogP contribution is 2.12. The predicted octanol–water partition coefficient (Wildman–Crippen LogP) is 0.270. The van der Waals surface area contributed by atoms with Gasteiger partial charge in [-0.2, -0.15) is 0 Å². The van der Waals surface area contributed by atoms with Crippen molar-refractivity contribution in [2.75, 3.05) is 0 Å². The topological polar surface area (TPSA) is 70.3 Å². The van der Waals surface area contributed by atoms with Crippen molar-refractivity contribution < 1.29 is 19.4 Å². The van der Waals surface area contributed by atoms with Gasteiger partial charge in [-0.25, -0.2) is 9.90 Å². The molecular formula is C6H5O4. The first-order valence-electron chi connectivity index (χ1n) is 2.64. The number of carbonyl (C=O) groups is 1. The van der Waals surface area contributed by atoms with E-state index >= 15 is 0 Å². The van der Waals surface area contributed by atoms with Crippen LogP contribution in [0.2, 0.25) is 0 Å². The molecule has 1 unspecified atom stereocenters. The molecule has 1 N–H and O–H groups in total. The third-order valence-corrected chi connectivity index (χ3v) is 1.04. The SMILES string of the molecule is [O]C(=O)C(O)c1ccco1.